The number of aromatic nitrogens is 3. The van der Waals surface area contributed by atoms with Gasteiger partial charge in [0.15, 0.2) is 0 Å². The molecular formula is C15H13N3O. The number of aryl methyl sites for hydroxylation is 2. The van der Waals surface area contributed by atoms with Crippen LogP contribution in [0.25, 0.3) is 22.9 Å². The van der Waals surface area contributed by atoms with Gasteiger partial charge in [0.05, 0.1) is 5.56 Å². The van der Waals surface area contributed by atoms with E-state index >= 15 is 0 Å². The molecule has 0 atom stereocenters. The van der Waals surface area contributed by atoms with E-state index in [2.05, 4.69) is 15.2 Å². The van der Waals surface area contributed by atoms with Crippen LogP contribution in [0, 0.1) is 13.8 Å². The van der Waals surface area contributed by atoms with Crippen LogP contribution in [0.4, 0.5) is 0 Å². The minimum absolute atomic E-state index is 0.490. The maximum Gasteiger partial charge on any atom is 0.249 e. The number of rotatable bonds is 2. The largest absolute Gasteiger partial charge is 0.416 e. The van der Waals surface area contributed by atoms with E-state index in [1.54, 1.807) is 6.20 Å². The minimum Gasteiger partial charge on any atom is -0.416 e. The van der Waals surface area contributed by atoms with Gasteiger partial charge in [0, 0.05) is 17.5 Å². The lowest BCUT2D eigenvalue weighted by atomic mass is 10.1. The van der Waals surface area contributed by atoms with Gasteiger partial charge < -0.3 is 4.42 Å². The van der Waals surface area contributed by atoms with Gasteiger partial charge >= 0.3 is 0 Å². The lowest BCUT2D eigenvalue weighted by Crippen LogP contribution is -1.82. The third-order valence-electron chi connectivity index (χ3n) is 2.85. The van der Waals surface area contributed by atoms with E-state index in [1.165, 1.54) is 0 Å². The third-order valence-corrected chi connectivity index (χ3v) is 2.85. The Hall–Kier alpha value is -2.49. The zero-order valence-corrected chi connectivity index (χ0v) is 10.8. The lowest BCUT2D eigenvalue weighted by molar-refractivity contribution is 0.584. The van der Waals surface area contributed by atoms with Gasteiger partial charge in [-0.1, -0.05) is 17.7 Å². The van der Waals surface area contributed by atoms with Gasteiger partial charge in [-0.15, -0.1) is 10.2 Å². The molecule has 3 rings (SSSR count). The fourth-order valence-corrected chi connectivity index (χ4v) is 1.83. The van der Waals surface area contributed by atoms with E-state index in [9.17, 15) is 0 Å². The van der Waals surface area contributed by atoms with Gasteiger partial charge in [-0.2, -0.15) is 0 Å². The van der Waals surface area contributed by atoms with E-state index in [-0.39, 0.29) is 0 Å². The maximum absolute atomic E-state index is 5.69. The van der Waals surface area contributed by atoms with Crippen molar-refractivity contribution in [1.29, 1.82) is 0 Å². The normalized spacial score (nSPS) is 10.6. The predicted octanol–water partition coefficient (Wildman–Crippen LogP) is 3.42. The number of benzene rings is 1. The zero-order chi connectivity index (χ0) is 13.2. The molecule has 0 amide bonds. The summed E-state index contributed by atoms with van der Waals surface area (Å²) in [6, 6.07) is 11.8. The lowest BCUT2D eigenvalue weighted by Gasteiger charge is -1.97. The molecule has 0 spiro atoms. The second-order valence-corrected chi connectivity index (χ2v) is 4.47. The average molecular weight is 251 g/mol. The monoisotopic (exact) mass is 251 g/mol. The summed E-state index contributed by atoms with van der Waals surface area (Å²) >= 11 is 0. The molecule has 19 heavy (non-hydrogen) atoms. The van der Waals surface area contributed by atoms with Crippen LogP contribution in [0.1, 0.15) is 11.3 Å². The summed E-state index contributed by atoms with van der Waals surface area (Å²) in [6.45, 7) is 3.97. The van der Waals surface area contributed by atoms with Crippen LogP contribution in [-0.4, -0.2) is 15.2 Å². The maximum atomic E-state index is 5.69. The molecule has 0 saturated carbocycles. The Bertz CT molecular complexity index is 701. The molecule has 94 valence electrons. The standard InChI is InChI=1S/C15H13N3O/c1-10-4-3-5-12(8-10)14-17-18-15(19-14)13-7-6-11(2)16-9-13/h3-9H,1-2H3. The highest BCUT2D eigenvalue weighted by Gasteiger charge is 2.10. The molecule has 2 aromatic heterocycles. The van der Waals surface area contributed by atoms with E-state index in [0.29, 0.717) is 11.8 Å². The van der Waals surface area contributed by atoms with Crippen molar-refractivity contribution < 1.29 is 4.42 Å². The van der Waals surface area contributed by atoms with Gasteiger partial charge in [-0.05, 0) is 38.1 Å². The average Bonchev–Trinajstić information content (AvgIpc) is 2.89. The number of hydrogen-bond acceptors (Lipinski definition) is 4. The summed E-state index contributed by atoms with van der Waals surface area (Å²) in [5.41, 5.74) is 3.88. The topological polar surface area (TPSA) is 51.8 Å². The molecule has 0 saturated heterocycles. The van der Waals surface area contributed by atoms with Crippen LogP contribution < -0.4 is 0 Å². The molecule has 0 N–H and O–H groups in total. The highest BCUT2D eigenvalue weighted by atomic mass is 16.4. The van der Waals surface area contributed by atoms with E-state index in [0.717, 1.165) is 22.4 Å². The minimum atomic E-state index is 0.490. The summed E-state index contributed by atoms with van der Waals surface area (Å²) in [7, 11) is 0. The molecule has 4 nitrogen and oxygen atoms in total. The Kier molecular flexibility index (Phi) is 2.83. The fraction of sp³-hybridized carbons (Fsp3) is 0.133. The van der Waals surface area contributed by atoms with Crippen molar-refractivity contribution in [2.45, 2.75) is 13.8 Å². The fourth-order valence-electron chi connectivity index (χ4n) is 1.83. The number of hydrogen-bond donors (Lipinski definition) is 0. The zero-order valence-electron chi connectivity index (χ0n) is 10.8. The van der Waals surface area contributed by atoms with Gasteiger partial charge in [0.1, 0.15) is 0 Å². The van der Waals surface area contributed by atoms with E-state index in [4.69, 9.17) is 4.42 Å². The molecule has 3 aromatic rings. The first-order valence-corrected chi connectivity index (χ1v) is 6.06. The molecule has 2 heterocycles. The molecule has 0 aliphatic rings. The van der Waals surface area contributed by atoms with Crippen LogP contribution in [0.2, 0.25) is 0 Å². The van der Waals surface area contributed by atoms with Crippen LogP contribution in [0.5, 0.6) is 0 Å². The van der Waals surface area contributed by atoms with Crippen molar-refractivity contribution in [2.24, 2.45) is 0 Å². The van der Waals surface area contributed by atoms with Crippen molar-refractivity contribution in [3.8, 4) is 22.9 Å². The van der Waals surface area contributed by atoms with Gasteiger partial charge in [-0.3, -0.25) is 4.98 Å². The van der Waals surface area contributed by atoms with Gasteiger partial charge in [-0.25, -0.2) is 0 Å². The van der Waals surface area contributed by atoms with Crippen LogP contribution >= 0.6 is 0 Å². The smallest absolute Gasteiger partial charge is 0.249 e. The highest BCUT2D eigenvalue weighted by Crippen LogP contribution is 2.23. The summed E-state index contributed by atoms with van der Waals surface area (Å²) in [5.74, 6) is 1.02. The summed E-state index contributed by atoms with van der Waals surface area (Å²) in [4.78, 5) is 4.22. The predicted molar refractivity (Wildman–Crippen MR) is 72.4 cm³/mol. The molecule has 0 radical (unpaired) electrons. The Labute approximate surface area is 111 Å². The molecule has 0 aliphatic heterocycles. The number of pyridine rings is 1. The second kappa shape index (κ2) is 4.65. The van der Waals surface area contributed by atoms with Crippen molar-refractivity contribution in [1.82, 2.24) is 15.2 Å². The molecule has 0 fully saturated rings. The Morgan fingerprint density at radius 2 is 1.68 bits per heavy atom. The molecule has 4 heteroatoms. The first-order valence-electron chi connectivity index (χ1n) is 6.06. The molecule has 0 bridgehead atoms. The Morgan fingerprint density at radius 3 is 2.37 bits per heavy atom. The Morgan fingerprint density at radius 1 is 0.895 bits per heavy atom. The van der Waals surface area contributed by atoms with Crippen LogP contribution in [0.15, 0.2) is 47.0 Å². The van der Waals surface area contributed by atoms with Gasteiger partial charge in [0.2, 0.25) is 11.8 Å². The SMILES string of the molecule is Cc1cccc(-c2nnc(-c3ccc(C)nc3)o2)c1. The van der Waals surface area contributed by atoms with Crippen molar-refractivity contribution >= 4 is 0 Å². The van der Waals surface area contributed by atoms with Crippen LogP contribution in [0.3, 0.4) is 0 Å². The molecule has 0 unspecified atom stereocenters. The summed E-state index contributed by atoms with van der Waals surface area (Å²) in [5, 5.41) is 8.15. The quantitative estimate of drug-likeness (QED) is 0.700. The first kappa shape index (κ1) is 11.6. The van der Waals surface area contributed by atoms with E-state index < -0.39 is 0 Å². The third kappa shape index (κ3) is 2.38. The van der Waals surface area contributed by atoms with Gasteiger partial charge in [0.25, 0.3) is 0 Å². The highest BCUT2D eigenvalue weighted by molar-refractivity contribution is 5.57. The first-order chi connectivity index (χ1) is 9.22. The van der Waals surface area contributed by atoms with Crippen molar-refractivity contribution in [3.63, 3.8) is 0 Å². The molecule has 1 aromatic carbocycles. The van der Waals surface area contributed by atoms with Crippen molar-refractivity contribution in [3.05, 3.63) is 53.9 Å². The molecule has 0 aliphatic carbocycles. The molecular weight excluding hydrogens is 238 g/mol. The second-order valence-electron chi connectivity index (χ2n) is 4.47. The van der Waals surface area contributed by atoms with Crippen LogP contribution in [-0.2, 0) is 0 Å². The van der Waals surface area contributed by atoms with E-state index in [1.807, 2.05) is 50.2 Å². The summed E-state index contributed by atoms with van der Waals surface area (Å²) < 4.78 is 5.69. The summed E-state index contributed by atoms with van der Waals surface area (Å²) in [6.07, 6.45) is 1.74. The van der Waals surface area contributed by atoms with Crippen molar-refractivity contribution in [2.75, 3.05) is 0 Å². The Balaban J connectivity index is 1.97. The number of nitrogens with zero attached hydrogens (tertiary/aromatic N) is 3.